The van der Waals surface area contributed by atoms with Gasteiger partial charge in [0.25, 0.3) is 0 Å². The average Bonchev–Trinajstić information content (AvgIpc) is 3.47. The standard InChI is InChI=1S/C25H25ClFN7O2S/c1-33-8-3-4-13(33)12-36-25-31-22-15(23(32-25)34-9-7-29-18(35)11-34)10-16(26)19(20(22)27)14-5-2-6-17-21(14)30-24(28)37-17/h2,5-6,10,13H,3-4,7-9,11-12H2,1H3,(H2,28,30)(H,29,35). The molecule has 9 nitrogen and oxygen atoms in total. The normalized spacial score (nSPS) is 18.6. The Bertz CT molecular complexity index is 1530. The molecule has 0 radical (unpaired) electrons. The minimum Gasteiger partial charge on any atom is -0.462 e. The fourth-order valence-corrected chi connectivity index (χ4v) is 6.11. The summed E-state index contributed by atoms with van der Waals surface area (Å²) in [5.41, 5.74) is 7.30. The molecule has 2 aliphatic heterocycles. The number of aromatic nitrogens is 3. The Morgan fingerprint density at radius 3 is 2.92 bits per heavy atom. The van der Waals surface area contributed by atoms with Gasteiger partial charge in [0.2, 0.25) is 5.91 Å². The monoisotopic (exact) mass is 541 g/mol. The van der Waals surface area contributed by atoms with Crippen molar-refractivity contribution in [3.05, 3.63) is 35.1 Å². The van der Waals surface area contributed by atoms with E-state index in [0.717, 1.165) is 24.1 Å². The highest BCUT2D eigenvalue weighted by Crippen LogP contribution is 2.42. The van der Waals surface area contributed by atoms with Gasteiger partial charge in [-0.3, -0.25) is 4.79 Å². The fourth-order valence-electron chi connectivity index (χ4n) is 5.06. The molecule has 2 aliphatic rings. The van der Waals surface area contributed by atoms with E-state index in [-0.39, 0.29) is 40.6 Å². The van der Waals surface area contributed by atoms with Crippen molar-refractivity contribution in [3.8, 4) is 17.1 Å². The second-order valence-electron chi connectivity index (χ2n) is 9.34. The number of nitrogens with two attached hydrogens (primary N) is 1. The minimum absolute atomic E-state index is 0.0667. The largest absolute Gasteiger partial charge is 0.462 e. The molecule has 4 heterocycles. The van der Waals surface area contributed by atoms with Crippen molar-refractivity contribution in [1.82, 2.24) is 25.2 Å². The quantitative estimate of drug-likeness (QED) is 0.394. The Morgan fingerprint density at radius 2 is 2.14 bits per heavy atom. The average molecular weight is 542 g/mol. The minimum atomic E-state index is -0.602. The first-order valence-corrected chi connectivity index (χ1v) is 13.3. The van der Waals surface area contributed by atoms with Crippen LogP contribution in [0.1, 0.15) is 12.8 Å². The Labute approximate surface area is 221 Å². The van der Waals surface area contributed by atoms with Crippen molar-refractivity contribution < 1.29 is 13.9 Å². The van der Waals surface area contributed by atoms with Gasteiger partial charge in [0.05, 0.1) is 21.8 Å². The topological polar surface area (TPSA) is 110 Å². The van der Waals surface area contributed by atoms with Crippen LogP contribution in [0, 0.1) is 5.82 Å². The Balaban J connectivity index is 1.51. The van der Waals surface area contributed by atoms with E-state index >= 15 is 4.39 Å². The zero-order chi connectivity index (χ0) is 25.7. The van der Waals surface area contributed by atoms with Gasteiger partial charge in [0.15, 0.2) is 10.9 Å². The molecule has 4 aromatic rings. The number of hydrogen-bond acceptors (Lipinski definition) is 9. The van der Waals surface area contributed by atoms with Gasteiger partial charge < -0.3 is 25.6 Å². The van der Waals surface area contributed by atoms with E-state index in [4.69, 9.17) is 22.1 Å². The Hall–Kier alpha value is -3.28. The fraction of sp³-hybridized carbons (Fsp3) is 0.360. The SMILES string of the molecule is CN1CCCC1COc1nc(N2CCNC(=O)C2)c2cc(Cl)c(-c3cccc4sc(N)nc34)c(F)c2n1. The summed E-state index contributed by atoms with van der Waals surface area (Å²) in [6.45, 7) is 2.45. The molecule has 0 spiro atoms. The number of halogens is 2. The van der Waals surface area contributed by atoms with Crippen LogP contribution in [0.5, 0.6) is 6.01 Å². The zero-order valence-electron chi connectivity index (χ0n) is 20.1. The third kappa shape index (κ3) is 4.41. The lowest BCUT2D eigenvalue weighted by Crippen LogP contribution is -2.48. The molecular weight excluding hydrogens is 517 g/mol. The third-order valence-electron chi connectivity index (χ3n) is 6.96. The van der Waals surface area contributed by atoms with E-state index in [2.05, 4.69) is 32.2 Å². The van der Waals surface area contributed by atoms with Crippen LogP contribution < -0.4 is 20.7 Å². The van der Waals surface area contributed by atoms with Crippen molar-refractivity contribution >= 4 is 60.9 Å². The number of thiazole rings is 1. The van der Waals surface area contributed by atoms with E-state index in [1.165, 1.54) is 11.3 Å². The number of nitrogen functional groups attached to an aromatic ring is 1. The van der Waals surface area contributed by atoms with Crippen LogP contribution in [-0.2, 0) is 4.79 Å². The van der Waals surface area contributed by atoms with Crippen molar-refractivity contribution in [2.45, 2.75) is 18.9 Å². The summed E-state index contributed by atoms with van der Waals surface area (Å²) in [6, 6.07) is 7.42. The molecule has 12 heteroatoms. The highest BCUT2D eigenvalue weighted by Gasteiger charge is 2.27. The molecule has 2 saturated heterocycles. The number of anilines is 2. The molecule has 2 aromatic heterocycles. The molecule has 1 atom stereocenters. The lowest BCUT2D eigenvalue weighted by molar-refractivity contribution is -0.120. The number of ether oxygens (including phenoxy) is 1. The number of hydrogen-bond donors (Lipinski definition) is 2. The number of likely N-dealkylation sites (tertiary alicyclic amines) is 1. The first-order chi connectivity index (χ1) is 17.9. The number of carbonyl (C=O) groups is 1. The smallest absolute Gasteiger partial charge is 0.319 e. The van der Waals surface area contributed by atoms with E-state index < -0.39 is 5.82 Å². The van der Waals surface area contributed by atoms with Gasteiger partial charge in [-0.2, -0.15) is 9.97 Å². The second kappa shape index (κ2) is 9.55. The van der Waals surface area contributed by atoms with E-state index in [1.807, 2.05) is 12.1 Å². The van der Waals surface area contributed by atoms with E-state index in [9.17, 15) is 4.79 Å². The number of fused-ring (bicyclic) bond motifs is 2. The number of nitrogens with zero attached hydrogens (tertiary/aromatic N) is 5. The highest BCUT2D eigenvalue weighted by molar-refractivity contribution is 7.22. The van der Waals surface area contributed by atoms with Crippen LogP contribution in [0.3, 0.4) is 0 Å². The van der Waals surface area contributed by atoms with Crippen LogP contribution in [0.2, 0.25) is 5.02 Å². The lowest BCUT2D eigenvalue weighted by atomic mass is 10.0. The molecule has 6 rings (SSSR count). The predicted octanol–water partition coefficient (Wildman–Crippen LogP) is 3.69. The summed E-state index contributed by atoms with van der Waals surface area (Å²) in [4.78, 5) is 29.7. The van der Waals surface area contributed by atoms with Crippen molar-refractivity contribution in [2.24, 2.45) is 0 Å². The van der Waals surface area contributed by atoms with Gasteiger partial charge in [0.1, 0.15) is 17.9 Å². The van der Waals surface area contributed by atoms with Crippen molar-refractivity contribution in [1.29, 1.82) is 0 Å². The molecule has 2 aromatic carbocycles. The predicted molar refractivity (Wildman–Crippen MR) is 144 cm³/mol. The van der Waals surface area contributed by atoms with Gasteiger partial charge in [-0.15, -0.1) is 0 Å². The van der Waals surface area contributed by atoms with Crippen LogP contribution in [0.4, 0.5) is 15.3 Å². The van der Waals surface area contributed by atoms with Crippen LogP contribution >= 0.6 is 22.9 Å². The lowest BCUT2D eigenvalue weighted by Gasteiger charge is -2.29. The number of para-hydroxylation sites is 1. The van der Waals surface area contributed by atoms with Crippen LogP contribution in [0.15, 0.2) is 24.3 Å². The maximum absolute atomic E-state index is 16.4. The molecule has 0 bridgehead atoms. The number of piperazine rings is 1. The molecule has 0 saturated carbocycles. The summed E-state index contributed by atoms with van der Waals surface area (Å²) in [7, 11) is 2.06. The summed E-state index contributed by atoms with van der Waals surface area (Å²) in [6.07, 6.45) is 2.11. The van der Waals surface area contributed by atoms with Crippen molar-refractivity contribution in [2.75, 3.05) is 50.5 Å². The van der Waals surface area contributed by atoms with Gasteiger partial charge in [-0.05, 0) is 38.6 Å². The van der Waals surface area contributed by atoms with E-state index in [1.54, 1.807) is 17.0 Å². The maximum Gasteiger partial charge on any atom is 0.319 e. The van der Waals surface area contributed by atoms with Gasteiger partial charge in [-0.1, -0.05) is 35.1 Å². The summed E-state index contributed by atoms with van der Waals surface area (Å²) >= 11 is 8.03. The summed E-state index contributed by atoms with van der Waals surface area (Å²) in [5.74, 6) is -0.323. The molecule has 3 N–H and O–H groups in total. The molecule has 1 amide bonds. The first-order valence-electron chi connectivity index (χ1n) is 12.1. The van der Waals surface area contributed by atoms with Crippen LogP contribution in [-0.4, -0.2) is 71.6 Å². The van der Waals surface area contributed by atoms with Gasteiger partial charge >= 0.3 is 6.01 Å². The molecule has 2 fully saturated rings. The number of nitrogens with one attached hydrogen (secondary N) is 1. The number of carbonyl (C=O) groups excluding carboxylic acids is 1. The molecule has 1 unspecified atom stereocenters. The maximum atomic E-state index is 16.4. The van der Waals surface area contributed by atoms with Gasteiger partial charge in [-0.25, -0.2) is 9.37 Å². The number of likely N-dealkylation sites (N-methyl/N-ethyl adjacent to an activating group) is 1. The Kier molecular flexibility index (Phi) is 6.21. The van der Waals surface area contributed by atoms with E-state index in [0.29, 0.717) is 47.1 Å². The molecule has 192 valence electrons. The third-order valence-corrected chi connectivity index (χ3v) is 8.11. The summed E-state index contributed by atoms with van der Waals surface area (Å²) in [5, 5.41) is 3.80. The number of benzene rings is 2. The summed E-state index contributed by atoms with van der Waals surface area (Å²) < 4.78 is 23.2. The Morgan fingerprint density at radius 1 is 1.27 bits per heavy atom. The second-order valence-corrected chi connectivity index (χ2v) is 10.8. The highest BCUT2D eigenvalue weighted by atomic mass is 35.5. The zero-order valence-corrected chi connectivity index (χ0v) is 21.7. The molecular formula is C25H25ClFN7O2S. The molecule has 37 heavy (non-hydrogen) atoms. The first kappa shape index (κ1) is 24.1. The van der Waals surface area contributed by atoms with Crippen molar-refractivity contribution in [3.63, 3.8) is 0 Å². The number of rotatable bonds is 5. The van der Waals surface area contributed by atoms with Crippen LogP contribution in [0.25, 0.3) is 32.2 Å². The number of amides is 1. The van der Waals surface area contributed by atoms with Gasteiger partial charge in [0, 0.05) is 35.6 Å². The molecule has 0 aliphatic carbocycles.